The predicted octanol–water partition coefficient (Wildman–Crippen LogP) is 1.83. The first-order valence-corrected chi connectivity index (χ1v) is 5.90. The van der Waals surface area contributed by atoms with Gasteiger partial charge in [-0.15, -0.1) is 11.3 Å². The number of Topliss-reactive ketones (excluding diaryl/α,β-unsaturated/α-hetero) is 1. The van der Waals surface area contributed by atoms with Crippen LogP contribution in [0.5, 0.6) is 0 Å². The first-order chi connectivity index (χ1) is 6.04. The topological polar surface area (TPSA) is 63.3 Å². The van der Waals surface area contributed by atoms with E-state index in [0.717, 1.165) is 13.1 Å². The molecule has 2 rings (SSSR count). The maximum Gasteiger partial charge on any atom is 0.195 e. The van der Waals surface area contributed by atoms with E-state index in [-0.39, 0.29) is 5.78 Å². The summed E-state index contributed by atoms with van der Waals surface area (Å²) >= 11 is 7.98. The van der Waals surface area contributed by atoms with Crippen molar-refractivity contribution in [3.8, 4) is 0 Å². The van der Waals surface area contributed by atoms with E-state index in [1.54, 1.807) is 0 Å². The monoisotopic (exact) mass is 325 g/mol. The fraction of sp³-hybridized carbons (Fsp3) is 0.286. The van der Waals surface area contributed by atoms with Gasteiger partial charge in [0.2, 0.25) is 0 Å². The number of carbonyl (C=O) groups excluding carboxylic acids is 1. The Labute approximate surface area is 95.2 Å². The molecular formula is C7H5Br2NO2S. The van der Waals surface area contributed by atoms with Crippen LogP contribution in [0, 0.1) is 0 Å². The lowest BCUT2D eigenvalue weighted by Gasteiger charge is -2.07. The molecule has 1 heterocycles. The maximum absolute atomic E-state index is 11.5. The Morgan fingerprint density at radius 3 is 2.54 bits per heavy atom. The van der Waals surface area contributed by atoms with Gasteiger partial charge in [0.05, 0.1) is 19.2 Å². The van der Waals surface area contributed by atoms with Gasteiger partial charge >= 0.3 is 0 Å². The van der Waals surface area contributed by atoms with Crippen molar-refractivity contribution in [1.82, 2.24) is 0 Å². The van der Waals surface area contributed by atoms with Crippen LogP contribution < -0.4 is 5.73 Å². The van der Waals surface area contributed by atoms with Crippen LogP contribution in [0.25, 0.3) is 0 Å². The van der Waals surface area contributed by atoms with Crippen LogP contribution in [0.4, 0.5) is 0 Å². The molecule has 1 aliphatic rings. The summed E-state index contributed by atoms with van der Waals surface area (Å²) in [6.07, 6.45) is -1.09. The van der Waals surface area contributed by atoms with Gasteiger partial charge in [-0.1, -0.05) is 0 Å². The zero-order valence-corrected chi connectivity index (χ0v) is 10.2. The molecule has 70 valence electrons. The van der Waals surface area contributed by atoms with Crippen molar-refractivity contribution in [3.05, 3.63) is 18.7 Å². The summed E-state index contributed by atoms with van der Waals surface area (Å²) in [6.45, 7) is 0. The van der Waals surface area contributed by atoms with Gasteiger partial charge in [-0.2, -0.15) is 0 Å². The van der Waals surface area contributed by atoms with E-state index in [1.807, 2.05) is 0 Å². The standard InChI is InChI=1S/C7H5Br2NO2S/c8-6-1-2(7(9)13-6)4(11)5(12)3(1)10/h3,5,12H,10H2/t3-,5-/m1/s1. The number of carbonyl (C=O) groups is 1. The van der Waals surface area contributed by atoms with Crippen LogP contribution in [0.2, 0.25) is 0 Å². The molecule has 0 aliphatic heterocycles. The predicted molar refractivity (Wildman–Crippen MR) is 57.0 cm³/mol. The van der Waals surface area contributed by atoms with Gasteiger partial charge in [0.1, 0.15) is 6.10 Å². The Balaban J connectivity index is 2.68. The number of nitrogens with two attached hydrogens (primary N) is 1. The van der Waals surface area contributed by atoms with Gasteiger partial charge < -0.3 is 10.8 Å². The molecule has 0 aromatic carbocycles. The first kappa shape index (κ1) is 9.79. The second-order valence-electron chi connectivity index (χ2n) is 2.77. The molecule has 3 N–H and O–H groups in total. The molecule has 6 heteroatoms. The first-order valence-electron chi connectivity index (χ1n) is 3.49. The Kier molecular flexibility index (Phi) is 2.36. The number of rotatable bonds is 0. The van der Waals surface area contributed by atoms with Crippen molar-refractivity contribution in [3.63, 3.8) is 0 Å². The van der Waals surface area contributed by atoms with Crippen LogP contribution in [-0.4, -0.2) is 17.0 Å². The number of halogens is 2. The van der Waals surface area contributed by atoms with E-state index >= 15 is 0 Å². The summed E-state index contributed by atoms with van der Waals surface area (Å²) in [7, 11) is 0. The van der Waals surface area contributed by atoms with Gasteiger partial charge in [0.15, 0.2) is 5.78 Å². The molecule has 0 spiro atoms. The fourth-order valence-electron chi connectivity index (χ4n) is 1.38. The van der Waals surface area contributed by atoms with E-state index in [1.165, 1.54) is 11.3 Å². The lowest BCUT2D eigenvalue weighted by Crippen LogP contribution is -2.25. The highest BCUT2D eigenvalue weighted by Gasteiger charge is 2.40. The zero-order chi connectivity index (χ0) is 9.75. The van der Waals surface area contributed by atoms with E-state index in [9.17, 15) is 9.90 Å². The zero-order valence-electron chi connectivity index (χ0n) is 6.25. The Morgan fingerprint density at radius 1 is 1.38 bits per heavy atom. The Hall–Kier alpha value is 0.250. The quantitative estimate of drug-likeness (QED) is 0.764. The lowest BCUT2D eigenvalue weighted by atomic mass is 10.2. The minimum absolute atomic E-state index is 0.295. The Bertz CT molecular complexity index is 390. The normalized spacial score (nSPS) is 26.6. The summed E-state index contributed by atoms with van der Waals surface area (Å²) in [4.78, 5) is 11.5. The van der Waals surface area contributed by atoms with Crippen molar-refractivity contribution in [1.29, 1.82) is 0 Å². The van der Waals surface area contributed by atoms with Gasteiger partial charge in [0.25, 0.3) is 0 Å². The summed E-state index contributed by atoms with van der Waals surface area (Å²) in [5.41, 5.74) is 6.92. The minimum Gasteiger partial charge on any atom is -0.383 e. The van der Waals surface area contributed by atoms with Crippen LogP contribution in [0.3, 0.4) is 0 Å². The molecule has 0 radical (unpaired) electrons. The average Bonchev–Trinajstić information content (AvgIpc) is 2.47. The van der Waals surface area contributed by atoms with Crippen LogP contribution in [0.1, 0.15) is 22.0 Å². The van der Waals surface area contributed by atoms with E-state index in [4.69, 9.17) is 5.73 Å². The highest BCUT2D eigenvalue weighted by atomic mass is 79.9. The van der Waals surface area contributed by atoms with E-state index in [0.29, 0.717) is 5.56 Å². The number of aliphatic hydroxyl groups is 1. The molecule has 0 bridgehead atoms. The third kappa shape index (κ3) is 1.24. The third-order valence-electron chi connectivity index (χ3n) is 2.05. The molecule has 1 aliphatic carbocycles. The number of ketones is 1. The number of hydrogen-bond acceptors (Lipinski definition) is 4. The Morgan fingerprint density at radius 2 is 2.00 bits per heavy atom. The van der Waals surface area contributed by atoms with Crippen molar-refractivity contribution < 1.29 is 9.90 Å². The fourth-order valence-corrected chi connectivity index (χ4v) is 4.70. The van der Waals surface area contributed by atoms with E-state index in [2.05, 4.69) is 31.9 Å². The lowest BCUT2D eigenvalue weighted by molar-refractivity contribution is 0.0735. The largest absolute Gasteiger partial charge is 0.383 e. The second kappa shape index (κ2) is 3.13. The molecule has 0 amide bonds. The van der Waals surface area contributed by atoms with Gasteiger partial charge in [-0.3, -0.25) is 4.79 Å². The molecule has 1 aromatic rings. The number of fused-ring (bicyclic) bond motifs is 1. The molecule has 2 atom stereocenters. The highest BCUT2D eigenvalue weighted by molar-refractivity contribution is 9.12. The van der Waals surface area contributed by atoms with Crippen LogP contribution in [-0.2, 0) is 0 Å². The summed E-state index contributed by atoms with van der Waals surface area (Å²) in [5.74, 6) is -0.295. The number of hydrogen-bond donors (Lipinski definition) is 2. The average molecular weight is 327 g/mol. The minimum atomic E-state index is -1.09. The maximum atomic E-state index is 11.5. The van der Waals surface area contributed by atoms with Crippen molar-refractivity contribution >= 4 is 49.0 Å². The van der Waals surface area contributed by atoms with Gasteiger partial charge in [-0.05, 0) is 31.9 Å². The summed E-state index contributed by atoms with van der Waals surface area (Å²) in [6, 6.07) is -0.598. The van der Waals surface area contributed by atoms with Gasteiger partial charge in [-0.25, -0.2) is 0 Å². The van der Waals surface area contributed by atoms with Crippen molar-refractivity contribution in [2.75, 3.05) is 0 Å². The highest BCUT2D eigenvalue weighted by Crippen LogP contribution is 2.45. The molecule has 3 nitrogen and oxygen atoms in total. The molecule has 13 heavy (non-hydrogen) atoms. The summed E-state index contributed by atoms with van der Waals surface area (Å²) in [5, 5.41) is 9.41. The van der Waals surface area contributed by atoms with Crippen molar-refractivity contribution in [2.45, 2.75) is 12.1 Å². The number of aliphatic hydroxyl groups excluding tert-OH is 1. The van der Waals surface area contributed by atoms with Crippen LogP contribution in [0.15, 0.2) is 7.57 Å². The van der Waals surface area contributed by atoms with Gasteiger partial charge in [0, 0.05) is 5.56 Å². The molecular weight excluding hydrogens is 322 g/mol. The van der Waals surface area contributed by atoms with Crippen LogP contribution >= 0.6 is 43.2 Å². The summed E-state index contributed by atoms with van der Waals surface area (Å²) < 4.78 is 1.54. The SMILES string of the molecule is N[C@@H]1c2c(Br)sc(Br)c2C(=O)[C@@H]1O. The molecule has 1 aromatic heterocycles. The van der Waals surface area contributed by atoms with E-state index < -0.39 is 12.1 Å². The smallest absolute Gasteiger partial charge is 0.195 e. The molecule has 0 saturated heterocycles. The second-order valence-corrected chi connectivity index (χ2v) is 6.43. The molecule has 0 saturated carbocycles. The third-order valence-corrected chi connectivity index (χ3v) is 4.62. The molecule has 0 unspecified atom stereocenters. The van der Waals surface area contributed by atoms with Crippen molar-refractivity contribution in [2.24, 2.45) is 5.73 Å². The molecule has 0 fully saturated rings. The number of thiophene rings is 1.